The van der Waals surface area contributed by atoms with Gasteiger partial charge < -0.3 is 10.2 Å². The van der Waals surface area contributed by atoms with Crippen molar-refractivity contribution >= 4 is 62.3 Å². The summed E-state index contributed by atoms with van der Waals surface area (Å²) in [7, 11) is -4.20. The van der Waals surface area contributed by atoms with E-state index in [1.807, 2.05) is 13.8 Å². The lowest BCUT2D eigenvalue weighted by atomic mass is 10.1. The van der Waals surface area contributed by atoms with Gasteiger partial charge in [0.2, 0.25) is 11.8 Å². The Labute approximate surface area is 257 Å². The van der Waals surface area contributed by atoms with E-state index in [1.54, 1.807) is 62.4 Å². The standard InChI is InChI=1S/C30H34Cl3N3O4S/c1-5-6-16-34-30(38)22(4)35(18-23-12-15-26(32)27(33)17-23)29(37)19-36(28-9-7-8-25(31)21(28)3)41(39,40)24-13-10-20(2)11-14-24/h7-15,17,22H,5-6,16,18-19H2,1-4H3,(H,34,38)/t22-/m0/s1. The monoisotopic (exact) mass is 637 g/mol. The molecule has 11 heteroatoms. The Morgan fingerprint density at radius 3 is 2.24 bits per heavy atom. The summed E-state index contributed by atoms with van der Waals surface area (Å²) < 4.78 is 29.0. The molecule has 0 aliphatic heterocycles. The van der Waals surface area contributed by atoms with Gasteiger partial charge in [0.1, 0.15) is 12.6 Å². The zero-order valence-electron chi connectivity index (χ0n) is 23.5. The lowest BCUT2D eigenvalue weighted by molar-refractivity contribution is -0.139. The van der Waals surface area contributed by atoms with Crippen LogP contribution in [0.5, 0.6) is 0 Å². The van der Waals surface area contributed by atoms with E-state index in [0.717, 1.165) is 22.7 Å². The van der Waals surface area contributed by atoms with Gasteiger partial charge in [-0.3, -0.25) is 13.9 Å². The van der Waals surface area contributed by atoms with Crippen molar-refractivity contribution < 1.29 is 18.0 Å². The number of nitrogens with one attached hydrogen (secondary N) is 1. The molecule has 3 aromatic rings. The maximum Gasteiger partial charge on any atom is 0.264 e. The van der Waals surface area contributed by atoms with Crippen molar-refractivity contribution in [3.8, 4) is 0 Å². The highest BCUT2D eigenvalue weighted by Gasteiger charge is 2.33. The third-order valence-corrected chi connectivity index (χ3v) is 9.65. The molecule has 0 aliphatic carbocycles. The molecule has 220 valence electrons. The van der Waals surface area contributed by atoms with Crippen LogP contribution >= 0.6 is 34.8 Å². The number of carbonyl (C=O) groups excluding carboxylic acids is 2. The van der Waals surface area contributed by atoms with Crippen LogP contribution in [0.15, 0.2) is 65.6 Å². The lowest BCUT2D eigenvalue weighted by Crippen LogP contribution is -2.51. The van der Waals surface area contributed by atoms with Crippen LogP contribution in [0.25, 0.3) is 0 Å². The van der Waals surface area contributed by atoms with Crippen LogP contribution in [0.3, 0.4) is 0 Å². The quantitative estimate of drug-likeness (QED) is 0.221. The Morgan fingerprint density at radius 1 is 0.927 bits per heavy atom. The van der Waals surface area contributed by atoms with Crippen molar-refractivity contribution in [1.29, 1.82) is 0 Å². The number of hydrogen-bond donors (Lipinski definition) is 1. The van der Waals surface area contributed by atoms with Gasteiger partial charge in [0.05, 0.1) is 20.6 Å². The van der Waals surface area contributed by atoms with Crippen LogP contribution in [-0.4, -0.2) is 44.3 Å². The molecule has 0 radical (unpaired) electrons. The van der Waals surface area contributed by atoms with E-state index in [0.29, 0.717) is 32.7 Å². The summed E-state index contributed by atoms with van der Waals surface area (Å²) in [4.78, 5) is 28.5. The second kappa shape index (κ2) is 14.4. The number of rotatable bonds is 12. The summed E-state index contributed by atoms with van der Waals surface area (Å²) in [6.45, 7) is 7.07. The van der Waals surface area contributed by atoms with E-state index in [1.165, 1.54) is 17.0 Å². The van der Waals surface area contributed by atoms with Crippen molar-refractivity contribution in [1.82, 2.24) is 10.2 Å². The SMILES string of the molecule is CCCCNC(=O)[C@H](C)N(Cc1ccc(Cl)c(Cl)c1)C(=O)CN(c1cccc(Cl)c1C)S(=O)(=O)c1ccc(C)cc1. The van der Waals surface area contributed by atoms with Gasteiger partial charge in [-0.05, 0) is 74.7 Å². The summed E-state index contributed by atoms with van der Waals surface area (Å²) in [6, 6.07) is 15.3. The molecule has 0 unspecified atom stereocenters. The van der Waals surface area contributed by atoms with Crippen LogP contribution < -0.4 is 9.62 Å². The molecule has 41 heavy (non-hydrogen) atoms. The molecule has 0 aromatic heterocycles. The third-order valence-electron chi connectivity index (χ3n) is 6.73. The molecule has 0 fully saturated rings. The number of hydrogen-bond acceptors (Lipinski definition) is 4. The Bertz CT molecular complexity index is 1500. The van der Waals surface area contributed by atoms with Crippen molar-refractivity contribution in [3.05, 3.63) is 92.4 Å². The minimum atomic E-state index is -4.20. The van der Waals surface area contributed by atoms with Gasteiger partial charge in [-0.2, -0.15) is 0 Å². The minimum absolute atomic E-state index is 0.00499. The fourth-order valence-corrected chi connectivity index (χ4v) is 6.13. The Balaban J connectivity index is 2.06. The first-order valence-corrected chi connectivity index (χ1v) is 15.8. The average Bonchev–Trinajstić information content (AvgIpc) is 2.93. The predicted molar refractivity (Wildman–Crippen MR) is 166 cm³/mol. The number of amides is 2. The van der Waals surface area contributed by atoms with E-state index in [4.69, 9.17) is 34.8 Å². The molecule has 0 bridgehead atoms. The van der Waals surface area contributed by atoms with Crippen LogP contribution in [-0.2, 0) is 26.2 Å². The minimum Gasteiger partial charge on any atom is -0.354 e. The van der Waals surface area contributed by atoms with Crippen LogP contribution in [0.1, 0.15) is 43.4 Å². The van der Waals surface area contributed by atoms with Crippen molar-refractivity contribution in [2.75, 3.05) is 17.4 Å². The van der Waals surface area contributed by atoms with Crippen LogP contribution in [0.2, 0.25) is 15.1 Å². The molecule has 0 spiro atoms. The first kappa shape index (κ1) is 32.7. The molecule has 1 atom stereocenters. The number of unbranched alkanes of at least 4 members (excludes halogenated alkanes) is 1. The van der Waals surface area contributed by atoms with Gasteiger partial charge in [-0.1, -0.05) is 78.0 Å². The fourth-order valence-electron chi connectivity index (χ4n) is 4.17. The number of nitrogens with zero attached hydrogens (tertiary/aromatic N) is 2. The maximum atomic E-state index is 14.0. The highest BCUT2D eigenvalue weighted by molar-refractivity contribution is 7.92. The molecular weight excluding hydrogens is 605 g/mol. The summed E-state index contributed by atoms with van der Waals surface area (Å²) in [6.07, 6.45) is 1.68. The van der Waals surface area contributed by atoms with Gasteiger partial charge in [0, 0.05) is 18.1 Å². The summed E-state index contributed by atoms with van der Waals surface area (Å²) in [5.41, 5.74) is 2.29. The molecule has 3 rings (SSSR count). The number of halogens is 3. The first-order valence-electron chi connectivity index (χ1n) is 13.2. The Kier molecular flexibility index (Phi) is 11.5. The van der Waals surface area contributed by atoms with Crippen molar-refractivity contribution in [3.63, 3.8) is 0 Å². The molecule has 2 amide bonds. The molecule has 0 heterocycles. The highest BCUT2D eigenvalue weighted by atomic mass is 35.5. The molecular formula is C30H34Cl3N3O4S. The molecule has 1 N–H and O–H groups in total. The zero-order valence-corrected chi connectivity index (χ0v) is 26.5. The van der Waals surface area contributed by atoms with E-state index in [2.05, 4.69) is 5.32 Å². The van der Waals surface area contributed by atoms with Crippen molar-refractivity contribution in [2.45, 2.75) is 58.0 Å². The predicted octanol–water partition coefficient (Wildman–Crippen LogP) is 6.79. The second-order valence-corrected chi connectivity index (χ2v) is 12.9. The van der Waals surface area contributed by atoms with Crippen LogP contribution in [0.4, 0.5) is 5.69 Å². The van der Waals surface area contributed by atoms with Gasteiger partial charge in [0.15, 0.2) is 0 Å². The molecule has 3 aromatic carbocycles. The molecule has 7 nitrogen and oxygen atoms in total. The van der Waals surface area contributed by atoms with E-state index in [9.17, 15) is 18.0 Å². The van der Waals surface area contributed by atoms with Gasteiger partial charge >= 0.3 is 0 Å². The average molecular weight is 639 g/mol. The van der Waals surface area contributed by atoms with Gasteiger partial charge in [0.25, 0.3) is 10.0 Å². The number of benzene rings is 3. The van der Waals surface area contributed by atoms with Crippen LogP contribution in [0, 0.1) is 13.8 Å². The molecule has 0 saturated carbocycles. The zero-order chi connectivity index (χ0) is 30.3. The molecule has 0 aliphatic rings. The normalized spacial score (nSPS) is 12.1. The van der Waals surface area contributed by atoms with E-state index < -0.39 is 28.5 Å². The Morgan fingerprint density at radius 2 is 1.61 bits per heavy atom. The van der Waals surface area contributed by atoms with Gasteiger partial charge in [-0.15, -0.1) is 0 Å². The third kappa shape index (κ3) is 8.16. The first-order chi connectivity index (χ1) is 19.4. The largest absolute Gasteiger partial charge is 0.354 e. The van der Waals surface area contributed by atoms with E-state index in [-0.39, 0.29) is 23.0 Å². The summed E-state index contributed by atoms with van der Waals surface area (Å²) in [5, 5.41) is 3.87. The number of anilines is 1. The van der Waals surface area contributed by atoms with E-state index >= 15 is 0 Å². The smallest absolute Gasteiger partial charge is 0.264 e. The summed E-state index contributed by atoms with van der Waals surface area (Å²) >= 11 is 18.7. The number of sulfonamides is 1. The highest BCUT2D eigenvalue weighted by Crippen LogP contribution is 2.31. The van der Waals surface area contributed by atoms with Gasteiger partial charge in [-0.25, -0.2) is 8.42 Å². The fraction of sp³-hybridized carbons (Fsp3) is 0.333. The Hall–Kier alpha value is -2.78. The summed E-state index contributed by atoms with van der Waals surface area (Å²) in [5.74, 6) is -0.928. The number of carbonyl (C=O) groups is 2. The van der Waals surface area contributed by atoms with Crippen molar-refractivity contribution in [2.24, 2.45) is 0 Å². The maximum absolute atomic E-state index is 14.0. The topological polar surface area (TPSA) is 86.8 Å². The lowest BCUT2D eigenvalue weighted by Gasteiger charge is -2.32. The second-order valence-electron chi connectivity index (χ2n) is 9.80. The number of aryl methyl sites for hydroxylation is 1. The molecule has 0 saturated heterocycles.